The van der Waals surface area contributed by atoms with Crippen molar-refractivity contribution in [2.24, 2.45) is 10.2 Å². The summed E-state index contributed by atoms with van der Waals surface area (Å²) in [4.78, 5) is 11.8. The molecule has 0 amide bonds. The van der Waals surface area contributed by atoms with E-state index in [9.17, 15) is 4.79 Å². The summed E-state index contributed by atoms with van der Waals surface area (Å²) in [5, 5.41) is 21.3. The molecule has 2 aromatic rings. The van der Waals surface area contributed by atoms with E-state index in [-0.39, 0.29) is 5.75 Å². The summed E-state index contributed by atoms with van der Waals surface area (Å²) in [5.41, 5.74) is 3.54. The van der Waals surface area contributed by atoms with Crippen molar-refractivity contribution in [2.45, 2.75) is 20.3 Å². The van der Waals surface area contributed by atoms with Crippen molar-refractivity contribution in [3.05, 3.63) is 21.4 Å². The molecule has 0 spiro atoms. The van der Waals surface area contributed by atoms with E-state index in [1.165, 1.54) is 37.2 Å². The molecule has 2 aromatic heterocycles. The van der Waals surface area contributed by atoms with Gasteiger partial charge in [-0.25, -0.2) is 0 Å². The Morgan fingerprint density at radius 2 is 2.25 bits per heavy atom. The quantitative estimate of drug-likeness (QED) is 0.931. The number of fused-ring (bicyclic) bond motifs is 1. The second-order valence-corrected chi connectivity index (χ2v) is 7.74. The average molecular weight is 324 g/mol. The molecule has 1 aliphatic rings. The smallest absolute Gasteiger partial charge is 0.313 e. The molecule has 0 fully saturated rings. The molecule has 20 heavy (non-hydrogen) atoms. The first kappa shape index (κ1) is 13.8. The van der Waals surface area contributed by atoms with Gasteiger partial charge in [0.15, 0.2) is 0 Å². The highest BCUT2D eigenvalue weighted by atomic mass is 32.2. The maximum Gasteiger partial charge on any atom is 0.313 e. The van der Waals surface area contributed by atoms with Gasteiger partial charge in [-0.05, 0) is 30.4 Å². The molecular formula is C13H12N2O2S3. The van der Waals surface area contributed by atoms with Crippen molar-refractivity contribution < 1.29 is 9.90 Å². The second-order valence-electron chi connectivity index (χ2n) is 4.54. The van der Waals surface area contributed by atoms with Crippen LogP contribution in [-0.4, -0.2) is 27.6 Å². The minimum Gasteiger partial charge on any atom is -0.481 e. The number of carboxylic acid groups (broad SMARTS) is 1. The highest BCUT2D eigenvalue weighted by Gasteiger charge is 2.21. The highest BCUT2D eigenvalue weighted by Crippen LogP contribution is 2.39. The molecule has 3 heterocycles. The molecule has 0 unspecified atom stereocenters. The Kier molecular flexibility index (Phi) is 3.66. The zero-order chi connectivity index (χ0) is 14.3. The summed E-state index contributed by atoms with van der Waals surface area (Å²) >= 11 is 4.77. The molecule has 0 aromatic carbocycles. The summed E-state index contributed by atoms with van der Waals surface area (Å²) in [5.74, 6) is -0.784. The first-order valence-corrected chi connectivity index (χ1v) is 8.70. The summed E-state index contributed by atoms with van der Waals surface area (Å²) < 4.78 is 1.32. The molecule has 0 aliphatic carbocycles. The van der Waals surface area contributed by atoms with Gasteiger partial charge >= 0.3 is 5.97 Å². The Labute approximate surface area is 128 Å². The van der Waals surface area contributed by atoms with Crippen LogP contribution in [0.25, 0.3) is 9.40 Å². The number of aliphatic carboxylic acids is 1. The molecule has 0 radical (unpaired) electrons. The van der Waals surface area contributed by atoms with Crippen LogP contribution in [0.5, 0.6) is 0 Å². The number of carbonyl (C=O) groups is 1. The van der Waals surface area contributed by atoms with Gasteiger partial charge in [-0.3, -0.25) is 4.79 Å². The first-order valence-electron chi connectivity index (χ1n) is 6.02. The van der Waals surface area contributed by atoms with Crippen LogP contribution in [0, 0.1) is 13.8 Å². The van der Waals surface area contributed by atoms with Crippen LogP contribution >= 0.6 is 34.4 Å². The summed E-state index contributed by atoms with van der Waals surface area (Å²) in [7, 11) is 0. The topological polar surface area (TPSA) is 62.0 Å². The fourth-order valence-electron chi connectivity index (χ4n) is 2.18. The lowest BCUT2D eigenvalue weighted by Crippen LogP contribution is -2.05. The van der Waals surface area contributed by atoms with Crippen LogP contribution in [0.2, 0.25) is 0 Å². The molecule has 7 heteroatoms. The van der Waals surface area contributed by atoms with E-state index in [1.54, 1.807) is 22.7 Å². The summed E-state index contributed by atoms with van der Waals surface area (Å²) in [6.45, 7) is 4.25. The van der Waals surface area contributed by atoms with Gasteiger partial charge in [0.1, 0.15) is 5.04 Å². The number of hydrogen-bond donors (Lipinski definition) is 1. The van der Waals surface area contributed by atoms with Gasteiger partial charge in [0, 0.05) is 11.8 Å². The van der Waals surface area contributed by atoms with Gasteiger partial charge in [-0.15, -0.1) is 27.8 Å². The van der Waals surface area contributed by atoms with E-state index in [1.807, 2.05) is 0 Å². The monoisotopic (exact) mass is 324 g/mol. The molecule has 0 saturated heterocycles. The van der Waals surface area contributed by atoms with Crippen LogP contribution in [0.1, 0.15) is 22.4 Å². The third-order valence-corrected chi connectivity index (χ3v) is 6.59. The third-order valence-electron chi connectivity index (χ3n) is 3.08. The zero-order valence-electron chi connectivity index (χ0n) is 11.0. The van der Waals surface area contributed by atoms with Crippen molar-refractivity contribution in [1.82, 2.24) is 0 Å². The van der Waals surface area contributed by atoms with Crippen LogP contribution in [0.3, 0.4) is 0 Å². The van der Waals surface area contributed by atoms with Gasteiger partial charge < -0.3 is 5.11 Å². The van der Waals surface area contributed by atoms with Gasteiger partial charge in [-0.1, -0.05) is 11.8 Å². The van der Waals surface area contributed by atoms with Crippen molar-refractivity contribution in [3.8, 4) is 0 Å². The predicted molar refractivity (Wildman–Crippen MR) is 87.9 cm³/mol. The number of rotatable bonds is 3. The number of hydrogen-bond acceptors (Lipinski definition) is 6. The standard InChI is InChI=1S/C13H12N2O2S3/c1-6-4-19-13-11(6)7(2)12(20-13)8-3-9(15-14-8)18-5-10(16)17/h4H,3,5H2,1-2H3,(H,16,17). The summed E-state index contributed by atoms with van der Waals surface area (Å²) in [6.07, 6.45) is 0.644. The largest absolute Gasteiger partial charge is 0.481 e. The number of thioether (sulfide) groups is 1. The van der Waals surface area contributed by atoms with Crippen molar-refractivity contribution >= 4 is 60.6 Å². The van der Waals surface area contributed by atoms with Crippen LogP contribution in [-0.2, 0) is 4.79 Å². The minimum absolute atomic E-state index is 0.0409. The second kappa shape index (κ2) is 5.31. The molecule has 104 valence electrons. The Balaban J connectivity index is 1.81. The fraction of sp³-hybridized carbons (Fsp3) is 0.308. The van der Waals surface area contributed by atoms with Gasteiger partial charge in [0.05, 0.1) is 20.4 Å². The predicted octanol–water partition coefficient (Wildman–Crippen LogP) is 3.90. The van der Waals surface area contributed by atoms with Crippen molar-refractivity contribution in [1.29, 1.82) is 0 Å². The van der Waals surface area contributed by atoms with Crippen LogP contribution in [0.4, 0.5) is 0 Å². The van der Waals surface area contributed by atoms with E-state index in [4.69, 9.17) is 5.11 Å². The Morgan fingerprint density at radius 1 is 1.45 bits per heavy atom. The SMILES string of the molecule is Cc1csc2sc(C3=NN=C(SCC(=O)O)C3)c(C)c12. The molecule has 0 atom stereocenters. The maximum atomic E-state index is 10.6. The molecule has 0 saturated carbocycles. The number of carboxylic acids is 1. The third kappa shape index (κ3) is 2.41. The molecule has 0 bridgehead atoms. The average Bonchev–Trinajstić information content (AvgIpc) is 3.06. The normalized spacial score (nSPS) is 14.7. The minimum atomic E-state index is -0.824. The van der Waals surface area contributed by atoms with Gasteiger partial charge in [0.25, 0.3) is 0 Å². The molecule has 1 N–H and O–H groups in total. The summed E-state index contributed by atoms with van der Waals surface area (Å²) in [6, 6.07) is 0. The number of thiophene rings is 2. The number of aryl methyl sites for hydroxylation is 2. The number of nitrogens with zero attached hydrogens (tertiary/aromatic N) is 2. The van der Waals surface area contributed by atoms with E-state index < -0.39 is 5.97 Å². The fourth-order valence-corrected chi connectivity index (χ4v) is 5.32. The van der Waals surface area contributed by atoms with Crippen LogP contribution in [0.15, 0.2) is 15.6 Å². The highest BCUT2D eigenvalue weighted by molar-refractivity contribution is 8.14. The van der Waals surface area contributed by atoms with Crippen molar-refractivity contribution in [3.63, 3.8) is 0 Å². The molecule has 1 aliphatic heterocycles. The molecule has 4 nitrogen and oxygen atoms in total. The zero-order valence-corrected chi connectivity index (χ0v) is 13.4. The lowest BCUT2D eigenvalue weighted by Gasteiger charge is -1.99. The van der Waals surface area contributed by atoms with Gasteiger partial charge in [-0.2, -0.15) is 5.10 Å². The Morgan fingerprint density at radius 3 is 2.95 bits per heavy atom. The van der Waals surface area contributed by atoms with Crippen molar-refractivity contribution in [2.75, 3.05) is 5.75 Å². The van der Waals surface area contributed by atoms with E-state index >= 15 is 0 Å². The Hall–Kier alpha value is -1.18. The van der Waals surface area contributed by atoms with E-state index in [0.29, 0.717) is 6.42 Å². The maximum absolute atomic E-state index is 10.6. The lowest BCUT2D eigenvalue weighted by molar-refractivity contribution is -0.133. The lowest BCUT2D eigenvalue weighted by atomic mass is 10.1. The van der Waals surface area contributed by atoms with Crippen LogP contribution < -0.4 is 0 Å². The molecule has 3 rings (SSSR count). The molecular weight excluding hydrogens is 312 g/mol. The van der Waals surface area contributed by atoms with Gasteiger partial charge in [0.2, 0.25) is 0 Å². The van der Waals surface area contributed by atoms with E-state index in [2.05, 4.69) is 29.4 Å². The Bertz CT molecular complexity index is 755. The van der Waals surface area contributed by atoms with E-state index in [0.717, 1.165) is 10.8 Å². The first-order chi connectivity index (χ1) is 9.56.